The molecule has 4 nitrogen and oxygen atoms in total. The van der Waals surface area contributed by atoms with Crippen LogP contribution in [0, 0.1) is 5.41 Å². The fraction of sp³-hybridized carbons (Fsp3) is 0.533. The van der Waals surface area contributed by atoms with E-state index < -0.39 is 0 Å². The van der Waals surface area contributed by atoms with Crippen molar-refractivity contribution in [2.24, 2.45) is 5.41 Å². The third-order valence-corrected chi connectivity index (χ3v) is 4.99. The highest BCUT2D eigenvalue weighted by molar-refractivity contribution is 8.00. The van der Waals surface area contributed by atoms with Gasteiger partial charge in [0.05, 0.1) is 19.0 Å². The van der Waals surface area contributed by atoms with Crippen LogP contribution in [-0.2, 0) is 4.79 Å². The number of hydrogen-bond acceptors (Lipinski definition) is 4. The van der Waals surface area contributed by atoms with Gasteiger partial charge in [-0.05, 0) is 30.7 Å². The number of amides is 1. The molecule has 1 fully saturated rings. The Morgan fingerprint density at radius 3 is 2.60 bits per heavy atom. The largest absolute Gasteiger partial charge is 0.497 e. The molecule has 0 saturated heterocycles. The number of benzene rings is 1. The number of nitrogens with one attached hydrogen (secondary N) is 1. The Labute approximate surface area is 123 Å². The molecule has 0 heterocycles. The molecule has 1 aliphatic carbocycles. The van der Waals surface area contributed by atoms with Gasteiger partial charge >= 0.3 is 0 Å². The molecule has 0 aliphatic heterocycles. The predicted molar refractivity (Wildman–Crippen MR) is 80.1 cm³/mol. The molecule has 0 aromatic heterocycles. The molecule has 110 valence electrons. The number of rotatable bonds is 5. The number of aliphatic hydroxyl groups is 1. The molecular formula is C15H21NO3S. The Bertz CT molecular complexity index is 473. The summed E-state index contributed by atoms with van der Waals surface area (Å²) in [6.07, 6.45) is 0.327. The standard InChI is InChI=1S/C15H21NO3S/c1-15(2)12(8-13(15)17)16-14(18)9-20-11-6-4-10(19-3)5-7-11/h4-7,12-13,17H,8-9H2,1-3H3,(H,16,18). The summed E-state index contributed by atoms with van der Waals surface area (Å²) in [6, 6.07) is 7.71. The van der Waals surface area contributed by atoms with Crippen molar-refractivity contribution >= 4 is 17.7 Å². The van der Waals surface area contributed by atoms with Crippen molar-refractivity contribution in [1.29, 1.82) is 0 Å². The summed E-state index contributed by atoms with van der Waals surface area (Å²) in [5, 5.41) is 12.6. The van der Waals surface area contributed by atoms with Crippen molar-refractivity contribution in [1.82, 2.24) is 5.32 Å². The first-order valence-corrected chi connectivity index (χ1v) is 7.66. The smallest absolute Gasteiger partial charge is 0.230 e. The van der Waals surface area contributed by atoms with Crippen LogP contribution in [-0.4, -0.2) is 36.0 Å². The second-order valence-corrected chi connectivity index (χ2v) is 6.71. The molecule has 1 aliphatic rings. The van der Waals surface area contributed by atoms with Gasteiger partial charge in [-0.15, -0.1) is 11.8 Å². The van der Waals surface area contributed by atoms with Gasteiger partial charge in [0, 0.05) is 16.4 Å². The number of methoxy groups -OCH3 is 1. The van der Waals surface area contributed by atoms with Crippen LogP contribution in [0.15, 0.2) is 29.2 Å². The number of thioether (sulfide) groups is 1. The SMILES string of the molecule is COc1ccc(SCC(=O)NC2CC(O)C2(C)C)cc1. The van der Waals surface area contributed by atoms with E-state index in [1.165, 1.54) is 11.8 Å². The monoisotopic (exact) mass is 295 g/mol. The maximum absolute atomic E-state index is 11.9. The van der Waals surface area contributed by atoms with Crippen LogP contribution in [0.1, 0.15) is 20.3 Å². The molecule has 0 bridgehead atoms. The van der Waals surface area contributed by atoms with Crippen LogP contribution >= 0.6 is 11.8 Å². The average Bonchev–Trinajstić information content (AvgIpc) is 2.45. The van der Waals surface area contributed by atoms with E-state index in [-0.39, 0.29) is 23.5 Å². The predicted octanol–water partition coefficient (Wildman–Crippen LogP) is 2.06. The zero-order chi connectivity index (χ0) is 14.8. The van der Waals surface area contributed by atoms with E-state index in [1.54, 1.807) is 7.11 Å². The van der Waals surface area contributed by atoms with Gasteiger partial charge < -0.3 is 15.2 Å². The molecular weight excluding hydrogens is 274 g/mol. The zero-order valence-corrected chi connectivity index (χ0v) is 12.9. The fourth-order valence-electron chi connectivity index (χ4n) is 2.20. The topological polar surface area (TPSA) is 58.6 Å². The first kappa shape index (κ1) is 15.2. The minimum atomic E-state index is -0.318. The Morgan fingerprint density at radius 2 is 2.10 bits per heavy atom. The van der Waals surface area contributed by atoms with E-state index in [2.05, 4.69) is 5.32 Å². The van der Waals surface area contributed by atoms with E-state index in [0.717, 1.165) is 10.6 Å². The lowest BCUT2D eigenvalue weighted by Gasteiger charge is -2.49. The summed E-state index contributed by atoms with van der Waals surface area (Å²) in [6.45, 7) is 3.95. The van der Waals surface area contributed by atoms with Gasteiger partial charge in [-0.3, -0.25) is 4.79 Å². The molecule has 2 rings (SSSR count). The Hall–Kier alpha value is -1.20. The number of aliphatic hydroxyl groups excluding tert-OH is 1. The second-order valence-electron chi connectivity index (χ2n) is 5.66. The van der Waals surface area contributed by atoms with E-state index in [0.29, 0.717) is 12.2 Å². The first-order valence-electron chi connectivity index (χ1n) is 6.67. The van der Waals surface area contributed by atoms with Gasteiger partial charge in [-0.25, -0.2) is 0 Å². The Kier molecular flexibility index (Phi) is 4.60. The molecule has 2 atom stereocenters. The van der Waals surface area contributed by atoms with E-state index in [4.69, 9.17) is 4.74 Å². The van der Waals surface area contributed by atoms with Gasteiger partial charge in [0.25, 0.3) is 0 Å². The van der Waals surface area contributed by atoms with Crippen LogP contribution in [0.3, 0.4) is 0 Å². The molecule has 1 aromatic carbocycles. The first-order chi connectivity index (χ1) is 9.43. The molecule has 0 spiro atoms. The summed E-state index contributed by atoms with van der Waals surface area (Å²) >= 11 is 1.50. The minimum absolute atomic E-state index is 0.00999. The molecule has 1 amide bonds. The van der Waals surface area contributed by atoms with Crippen LogP contribution in [0.4, 0.5) is 0 Å². The van der Waals surface area contributed by atoms with E-state index in [9.17, 15) is 9.90 Å². The highest BCUT2D eigenvalue weighted by atomic mass is 32.2. The van der Waals surface area contributed by atoms with Gasteiger partial charge in [-0.1, -0.05) is 13.8 Å². The van der Waals surface area contributed by atoms with E-state index in [1.807, 2.05) is 38.1 Å². The highest BCUT2D eigenvalue weighted by Crippen LogP contribution is 2.40. The molecule has 1 aromatic rings. The number of carbonyl (C=O) groups excluding carboxylic acids is 1. The van der Waals surface area contributed by atoms with Crippen molar-refractivity contribution in [3.63, 3.8) is 0 Å². The van der Waals surface area contributed by atoms with Crippen LogP contribution in [0.25, 0.3) is 0 Å². The maximum atomic E-state index is 11.9. The Morgan fingerprint density at radius 1 is 1.45 bits per heavy atom. The van der Waals surface area contributed by atoms with Gasteiger partial charge in [0.1, 0.15) is 5.75 Å². The zero-order valence-electron chi connectivity index (χ0n) is 12.1. The van der Waals surface area contributed by atoms with Gasteiger partial charge in [-0.2, -0.15) is 0 Å². The van der Waals surface area contributed by atoms with Crippen LogP contribution in [0.5, 0.6) is 5.75 Å². The summed E-state index contributed by atoms with van der Waals surface area (Å²) in [7, 11) is 1.63. The van der Waals surface area contributed by atoms with Gasteiger partial charge in [0.2, 0.25) is 5.91 Å². The van der Waals surface area contributed by atoms with Crippen molar-refractivity contribution in [2.45, 2.75) is 37.3 Å². The van der Waals surface area contributed by atoms with Crippen molar-refractivity contribution in [2.75, 3.05) is 12.9 Å². The number of carbonyl (C=O) groups is 1. The molecule has 1 saturated carbocycles. The third-order valence-electron chi connectivity index (χ3n) is 3.98. The minimum Gasteiger partial charge on any atom is -0.497 e. The number of hydrogen-bond donors (Lipinski definition) is 2. The van der Waals surface area contributed by atoms with Crippen molar-refractivity contribution in [3.8, 4) is 5.75 Å². The molecule has 5 heteroatoms. The van der Waals surface area contributed by atoms with Gasteiger partial charge in [0.15, 0.2) is 0 Å². The summed E-state index contributed by atoms with van der Waals surface area (Å²) in [5.74, 6) is 1.20. The quantitative estimate of drug-likeness (QED) is 0.816. The van der Waals surface area contributed by atoms with Crippen molar-refractivity contribution < 1.29 is 14.6 Å². The average molecular weight is 295 g/mol. The second kappa shape index (κ2) is 6.06. The summed E-state index contributed by atoms with van der Waals surface area (Å²) in [4.78, 5) is 12.9. The fourth-order valence-corrected chi connectivity index (χ4v) is 2.91. The molecule has 0 radical (unpaired) electrons. The normalized spacial score (nSPS) is 23.8. The third kappa shape index (κ3) is 3.27. The van der Waals surface area contributed by atoms with Crippen LogP contribution in [0.2, 0.25) is 0 Å². The lowest BCUT2D eigenvalue weighted by atomic mass is 9.64. The highest BCUT2D eigenvalue weighted by Gasteiger charge is 2.47. The maximum Gasteiger partial charge on any atom is 0.230 e. The van der Waals surface area contributed by atoms with Crippen molar-refractivity contribution in [3.05, 3.63) is 24.3 Å². The van der Waals surface area contributed by atoms with E-state index >= 15 is 0 Å². The number of ether oxygens (including phenoxy) is 1. The molecule has 2 unspecified atom stereocenters. The molecule has 20 heavy (non-hydrogen) atoms. The lowest BCUT2D eigenvalue weighted by molar-refractivity contribution is -0.126. The lowest BCUT2D eigenvalue weighted by Crippen LogP contribution is -2.61. The summed E-state index contributed by atoms with van der Waals surface area (Å²) < 4.78 is 5.09. The Balaban J connectivity index is 1.78. The molecule has 2 N–H and O–H groups in total. The summed E-state index contributed by atoms with van der Waals surface area (Å²) in [5.41, 5.74) is -0.222. The van der Waals surface area contributed by atoms with Crippen LogP contribution < -0.4 is 10.1 Å².